The molecule has 4 heteroatoms. The zero-order valence-electron chi connectivity index (χ0n) is 11.1. The minimum absolute atomic E-state index is 0.0876. The molecule has 1 heterocycles. The second-order valence-corrected chi connectivity index (χ2v) is 5.95. The molecule has 102 valence electrons. The van der Waals surface area contributed by atoms with Gasteiger partial charge in [-0.3, -0.25) is 4.79 Å². The molecule has 1 aromatic carbocycles. The van der Waals surface area contributed by atoms with Crippen LogP contribution in [0.2, 0.25) is 0 Å². The first-order chi connectivity index (χ1) is 8.99. The number of carbonyl (C=O) groups is 1. The van der Waals surface area contributed by atoms with Gasteiger partial charge in [-0.15, -0.1) is 0 Å². The molecule has 2 aliphatic rings. The topological polar surface area (TPSA) is 46.3 Å². The minimum atomic E-state index is -0.591. The van der Waals surface area contributed by atoms with Crippen LogP contribution in [0.1, 0.15) is 37.7 Å². The molecule has 2 fully saturated rings. The lowest BCUT2D eigenvalue weighted by molar-refractivity contribution is -0.134. The molecule has 0 bridgehead atoms. The smallest absolute Gasteiger partial charge is 0.242 e. The van der Waals surface area contributed by atoms with Crippen LogP contribution in [-0.2, 0) is 4.79 Å². The van der Waals surface area contributed by atoms with Crippen molar-refractivity contribution in [1.82, 2.24) is 4.90 Å². The summed E-state index contributed by atoms with van der Waals surface area (Å²) in [5.41, 5.74) is 6.51. The van der Waals surface area contributed by atoms with Gasteiger partial charge in [-0.05, 0) is 43.9 Å². The summed E-state index contributed by atoms with van der Waals surface area (Å²) in [5, 5.41) is 0. The van der Waals surface area contributed by atoms with Gasteiger partial charge in [0.25, 0.3) is 0 Å². The van der Waals surface area contributed by atoms with E-state index < -0.39 is 5.54 Å². The number of benzene rings is 1. The summed E-state index contributed by atoms with van der Waals surface area (Å²) in [5.74, 6) is 0.160. The van der Waals surface area contributed by atoms with Crippen molar-refractivity contribution in [3.05, 3.63) is 35.6 Å². The highest BCUT2D eigenvalue weighted by atomic mass is 19.1. The van der Waals surface area contributed by atoms with Crippen molar-refractivity contribution in [3.63, 3.8) is 0 Å². The third-order valence-electron chi connectivity index (χ3n) is 4.39. The molecule has 1 saturated carbocycles. The number of carbonyl (C=O) groups excluding carboxylic acids is 1. The summed E-state index contributed by atoms with van der Waals surface area (Å²) in [7, 11) is 0. The summed E-state index contributed by atoms with van der Waals surface area (Å²) in [4.78, 5) is 14.2. The van der Waals surface area contributed by atoms with Crippen LogP contribution < -0.4 is 5.73 Å². The molecule has 2 N–H and O–H groups in total. The average molecular weight is 262 g/mol. The Morgan fingerprint density at radius 2 is 2.00 bits per heavy atom. The molecule has 2 atom stereocenters. The number of halogens is 1. The number of nitrogens with two attached hydrogens (primary N) is 1. The summed E-state index contributed by atoms with van der Waals surface area (Å²) in [6.07, 6.45) is 2.53. The molecule has 0 radical (unpaired) electrons. The molecule has 19 heavy (non-hydrogen) atoms. The van der Waals surface area contributed by atoms with Gasteiger partial charge in [0.05, 0.1) is 5.54 Å². The molecule has 1 amide bonds. The number of hydrogen-bond donors (Lipinski definition) is 1. The fraction of sp³-hybridized carbons (Fsp3) is 0.533. The lowest BCUT2D eigenvalue weighted by Crippen LogP contribution is -2.47. The fourth-order valence-corrected chi connectivity index (χ4v) is 2.92. The monoisotopic (exact) mass is 262 g/mol. The lowest BCUT2D eigenvalue weighted by Gasteiger charge is -2.24. The maximum absolute atomic E-state index is 12.9. The third-order valence-corrected chi connectivity index (χ3v) is 4.39. The van der Waals surface area contributed by atoms with E-state index in [0.29, 0.717) is 12.5 Å². The molecule has 1 aromatic rings. The van der Waals surface area contributed by atoms with Gasteiger partial charge in [-0.2, -0.15) is 0 Å². The maximum atomic E-state index is 12.9. The molecule has 0 aromatic heterocycles. The van der Waals surface area contributed by atoms with Crippen LogP contribution in [-0.4, -0.2) is 28.9 Å². The van der Waals surface area contributed by atoms with Crippen molar-refractivity contribution in [2.75, 3.05) is 6.54 Å². The van der Waals surface area contributed by atoms with E-state index in [0.717, 1.165) is 24.8 Å². The molecular formula is C15H19FN2O. The van der Waals surface area contributed by atoms with Gasteiger partial charge in [0.2, 0.25) is 5.91 Å². The van der Waals surface area contributed by atoms with E-state index in [1.54, 1.807) is 0 Å². The Morgan fingerprint density at radius 3 is 2.58 bits per heavy atom. The Bertz CT molecular complexity index is 495. The van der Waals surface area contributed by atoms with Crippen LogP contribution in [0.3, 0.4) is 0 Å². The molecule has 3 rings (SSSR count). The molecular weight excluding hydrogens is 243 g/mol. The lowest BCUT2D eigenvalue weighted by atomic mass is 9.97. The first-order valence-corrected chi connectivity index (χ1v) is 6.85. The number of likely N-dealkylation sites (tertiary alicyclic amines) is 1. The first-order valence-electron chi connectivity index (χ1n) is 6.85. The quantitative estimate of drug-likeness (QED) is 0.886. The second kappa shape index (κ2) is 4.30. The van der Waals surface area contributed by atoms with Crippen LogP contribution in [0.15, 0.2) is 24.3 Å². The molecule has 0 spiro atoms. The molecule has 1 aliphatic heterocycles. The Morgan fingerprint density at radius 1 is 1.37 bits per heavy atom. The Labute approximate surface area is 112 Å². The number of rotatable bonds is 2. The molecule has 1 aliphatic carbocycles. The van der Waals surface area contributed by atoms with Gasteiger partial charge in [-0.1, -0.05) is 12.1 Å². The van der Waals surface area contributed by atoms with E-state index in [4.69, 9.17) is 5.73 Å². The second-order valence-electron chi connectivity index (χ2n) is 5.95. The maximum Gasteiger partial charge on any atom is 0.242 e. The largest absolute Gasteiger partial charge is 0.338 e. The SMILES string of the molecule is C[C@H]1C[C@@H](c2ccc(F)cc2)CN1C(=O)C1(N)CC1. The van der Waals surface area contributed by atoms with Crippen LogP contribution in [0, 0.1) is 5.82 Å². The van der Waals surface area contributed by atoms with Crippen molar-refractivity contribution >= 4 is 5.91 Å². The van der Waals surface area contributed by atoms with E-state index >= 15 is 0 Å². The Hall–Kier alpha value is -1.42. The third kappa shape index (κ3) is 2.25. The van der Waals surface area contributed by atoms with E-state index in [2.05, 4.69) is 6.92 Å². The fourth-order valence-electron chi connectivity index (χ4n) is 2.92. The average Bonchev–Trinajstić information content (AvgIpc) is 3.02. The van der Waals surface area contributed by atoms with Gasteiger partial charge in [0.1, 0.15) is 5.82 Å². The van der Waals surface area contributed by atoms with E-state index in [1.165, 1.54) is 12.1 Å². The van der Waals surface area contributed by atoms with E-state index in [-0.39, 0.29) is 17.8 Å². The van der Waals surface area contributed by atoms with Crippen molar-refractivity contribution in [1.29, 1.82) is 0 Å². The summed E-state index contributed by atoms with van der Waals surface area (Å²) in [6.45, 7) is 2.76. The number of amides is 1. The first kappa shape index (κ1) is 12.6. The van der Waals surface area contributed by atoms with Crippen LogP contribution >= 0.6 is 0 Å². The van der Waals surface area contributed by atoms with Gasteiger partial charge >= 0.3 is 0 Å². The zero-order chi connectivity index (χ0) is 13.6. The van der Waals surface area contributed by atoms with Gasteiger partial charge in [-0.25, -0.2) is 4.39 Å². The Balaban J connectivity index is 1.74. The summed E-state index contributed by atoms with van der Waals surface area (Å²) >= 11 is 0. The zero-order valence-corrected chi connectivity index (χ0v) is 11.1. The normalized spacial score (nSPS) is 28.5. The number of hydrogen-bond acceptors (Lipinski definition) is 2. The number of nitrogens with zero attached hydrogens (tertiary/aromatic N) is 1. The predicted octanol–water partition coefficient (Wildman–Crippen LogP) is 2.02. The summed E-state index contributed by atoms with van der Waals surface area (Å²) < 4.78 is 12.9. The predicted molar refractivity (Wildman–Crippen MR) is 71.1 cm³/mol. The van der Waals surface area contributed by atoms with Crippen molar-refractivity contribution in [2.24, 2.45) is 5.73 Å². The summed E-state index contributed by atoms with van der Waals surface area (Å²) in [6, 6.07) is 6.81. The standard InChI is InChI=1S/C15H19FN2O/c1-10-8-12(11-2-4-13(16)5-3-11)9-18(10)14(19)15(17)6-7-15/h2-5,10,12H,6-9,17H2,1H3/t10-,12+/m0/s1. The molecule has 1 saturated heterocycles. The van der Waals surface area contributed by atoms with Crippen molar-refractivity contribution in [3.8, 4) is 0 Å². The van der Waals surface area contributed by atoms with Gasteiger partial charge in [0.15, 0.2) is 0 Å². The van der Waals surface area contributed by atoms with E-state index in [1.807, 2.05) is 17.0 Å². The van der Waals surface area contributed by atoms with Gasteiger partial charge < -0.3 is 10.6 Å². The van der Waals surface area contributed by atoms with Crippen molar-refractivity contribution < 1.29 is 9.18 Å². The Kier molecular flexibility index (Phi) is 2.86. The minimum Gasteiger partial charge on any atom is -0.338 e. The van der Waals surface area contributed by atoms with E-state index in [9.17, 15) is 9.18 Å². The van der Waals surface area contributed by atoms with Crippen molar-refractivity contribution in [2.45, 2.75) is 43.7 Å². The molecule has 0 unspecified atom stereocenters. The highest BCUT2D eigenvalue weighted by Crippen LogP contribution is 2.39. The van der Waals surface area contributed by atoms with Crippen LogP contribution in [0.4, 0.5) is 4.39 Å². The molecule has 3 nitrogen and oxygen atoms in total. The van der Waals surface area contributed by atoms with Crippen LogP contribution in [0.25, 0.3) is 0 Å². The van der Waals surface area contributed by atoms with Gasteiger partial charge in [0, 0.05) is 18.5 Å². The highest BCUT2D eigenvalue weighted by Gasteiger charge is 2.50. The highest BCUT2D eigenvalue weighted by molar-refractivity contribution is 5.89. The van der Waals surface area contributed by atoms with Crippen LogP contribution in [0.5, 0.6) is 0 Å².